The molecule has 0 saturated heterocycles. The van der Waals surface area contributed by atoms with Crippen molar-refractivity contribution in [1.29, 1.82) is 10.5 Å². The molecule has 24 heavy (non-hydrogen) atoms. The van der Waals surface area contributed by atoms with Gasteiger partial charge in [-0.05, 0) is 39.5 Å². The summed E-state index contributed by atoms with van der Waals surface area (Å²) in [4.78, 5) is 22.4. The molecule has 0 aliphatic heterocycles. The molecule has 0 aromatic rings. The third-order valence-corrected chi connectivity index (χ3v) is 2.97. The van der Waals surface area contributed by atoms with Gasteiger partial charge in [-0.1, -0.05) is 0 Å². The fraction of sp³-hybridized carbons (Fsp3) is 0.750. The van der Waals surface area contributed by atoms with Crippen molar-refractivity contribution in [3.8, 4) is 12.1 Å². The molecule has 0 saturated carbocycles. The second-order valence-corrected chi connectivity index (χ2v) is 4.92. The lowest BCUT2D eigenvalue weighted by Crippen LogP contribution is -2.08. The minimum Gasteiger partial charge on any atom is -0.466 e. The fourth-order valence-corrected chi connectivity index (χ4v) is 1.80. The molecular formula is C16H24N4O4. The molecule has 0 rings (SSSR count). The Morgan fingerprint density at radius 3 is 1.54 bits per heavy atom. The van der Waals surface area contributed by atoms with Gasteiger partial charge >= 0.3 is 11.9 Å². The van der Waals surface area contributed by atoms with Crippen LogP contribution in [0.1, 0.15) is 52.4 Å². The lowest BCUT2D eigenvalue weighted by Gasteiger charge is -2.05. The number of hydrogen-bond donors (Lipinski definition) is 0. The first-order valence-electron chi connectivity index (χ1n) is 8.07. The van der Waals surface area contributed by atoms with Crippen molar-refractivity contribution in [1.82, 2.24) is 0 Å². The van der Waals surface area contributed by atoms with Crippen molar-refractivity contribution >= 4 is 11.9 Å². The number of hydrogen-bond acceptors (Lipinski definition) is 8. The van der Waals surface area contributed by atoms with Gasteiger partial charge in [0, 0.05) is 12.8 Å². The lowest BCUT2D eigenvalue weighted by molar-refractivity contribution is -0.144. The summed E-state index contributed by atoms with van der Waals surface area (Å²) in [7, 11) is 0. The number of carbonyl (C=O) groups excluding carboxylic acids is 2. The van der Waals surface area contributed by atoms with Gasteiger partial charge in [0.05, 0.1) is 25.4 Å². The fourth-order valence-electron chi connectivity index (χ4n) is 1.80. The molecule has 0 fully saturated rings. The second kappa shape index (κ2) is 14.1. The average Bonchev–Trinajstić information content (AvgIpc) is 2.56. The molecule has 0 aromatic heterocycles. The molecule has 0 heterocycles. The van der Waals surface area contributed by atoms with Gasteiger partial charge in [0.1, 0.15) is 0 Å². The minimum atomic E-state index is -0.694. The number of nitriles is 2. The number of rotatable bonds is 12. The third kappa shape index (κ3) is 11.1. The van der Waals surface area contributed by atoms with Gasteiger partial charge in [-0.25, -0.2) is 0 Å². The Morgan fingerprint density at radius 2 is 1.25 bits per heavy atom. The van der Waals surface area contributed by atoms with Crippen molar-refractivity contribution in [3.63, 3.8) is 0 Å². The van der Waals surface area contributed by atoms with Crippen LogP contribution >= 0.6 is 0 Å². The topological polar surface area (TPSA) is 125 Å². The van der Waals surface area contributed by atoms with E-state index in [4.69, 9.17) is 20.0 Å². The van der Waals surface area contributed by atoms with E-state index in [9.17, 15) is 9.59 Å². The van der Waals surface area contributed by atoms with Gasteiger partial charge < -0.3 is 9.47 Å². The van der Waals surface area contributed by atoms with Crippen molar-refractivity contribution < 1.29 is 19.1 Å². The summed E-state index contributed by atoms with van der Waals surface area (Å²) in [5.74, 6) is -0.611. The lowest BCUT2D eigenvalue weighted by atomic mass is 10.1. The molecule has 8 nitrogen and oxygen atoms in total. The number of esters is 2. The predicted molar refractivity (Wildman–Crippen MR) is 84.6 cm³/mol. The van der Waals surface area contributed by atoms with Crippen molar-refractivity contribution in [3.05, 3.63) is 0 Å². The van der Waals surface area contributed by atoms with Crippen LogP contribution in [-0.2, 0) is 19.1 Å². The zero-order valence-corrected chi connectivity index (χ0v) is 14.2. The van der Waals surface area contributed by atoms with E-state index in [1.165, 1.54) is 0 Å². The molecule has 0 aliphatic rings. The molecule has 132 valence electrons. The Hall–Kier alpha value is -2.48. The molecule has 0 radical (unpaired) electrons. The highest BCUT2D eigenvalue weighted by molar-refractivity contribution is 5.69. The van der Waals surface area contributed by atoms with Gasteiger partial charge in [0.15, 0.2) is 12.1 Å². The van der Waals surface area contributed by atoms with Crippen molar-refractivity contribution in [2.75, 3.05) is 13.2 Å². The van der Waals surface area contributed by atoms with Crippen LogP contribution in [0.3, 0.4) is 0 Å². The molecule has 0 bridgehead atoms. The highest BCUT2D eigenvalue weighted by atomic mass is 16.5. The van der Waals surface area contributed by atoms with Crippen LogP contribution in [0.4, 0.5) is 0 Å². The quantitative estimate of drug-likeness (QED) is 0.398. The number of carbonyl (C=O) groups is 2. The first-order valence-corrected chi connectivity index (χ1v) is 8.07. The summed E-state index contributed by atoms with van der Waals surface area (Å²) in [6.07, 6.45) is 2.14. The number of nitrogens with zero attached hydrogens (tertiary/aromatic N) is 4. The number of azo groups is 1. The Balaban J connectivity index is 4.18. The molecular weight excluding hydrogens is 312 g/mol. The van der Waals surface area contributed by atoms with Gasteiger partial charge in [-0.15, -0.1) is 0 Å². The van der Waals surface area contributed by atoms with E-state index in [1.807, 2.05) is 12.1 Å². The van der Waals surface area contributed by atoms with E-state index >= 15 is 0 Å². The van der Waals surface area contributed by atoms with Crippen molar-refractivity contribution in [2.24, 2.45) is 10.2 Å². The van der Waals surface area contributed by atoms with Gasteiger partial charge in [0.25, 0.3) is 0 Å². The summed E-state index contributed by atoms with van der Waals surface area (Å²) in [5, 5.41) is 25.8. The monoisotopic (exact) mass is 336 g/mol. The van der Waals surface area contributed by atoms with E-state index in [2.05, 4.69) is 10.2 Å². The van der Waals surface area contributed by atoms with E-state index in [0.29, 0.717) is 38.9 Å². The number of ether oxygens (including phenoxy) is 2. The maximum Gasteiger partial charge on any atom is 0.305 e. The molecule has 0 N–H and O–H groups in total. The van der Waals surface area contributed by atoms with Crippen LogP contribution < -0.4 is 0 Å². The molecule has 0 aliphatic carbocycles. The summed E-state index contributed by atoms with van der Waals surface area (Å²) in [5.41, 5.74) is 0. The highest BCUT2D eigenvalue weighted by Gasteiger charge is 2.11. The van der Waals surface area contributed by atoms with E-state index in [0.717, 1.165) is 0 Å². The summed E-state index contributed by atoms with van der Waals surface area (Å²) in [6.45, 7) is 4.12. The normalized spacial score (nSPS) is 12.8. The maximum absolute atomic E-state index is 11.2. The maximum atomic E-state index is 11.2. The summed E-state index contributed by atoms with van der Waals surface area (Å²) >= 11 is 0. The van der Waals surface area contributed by atoms with Crippen molar-refractivity contribution in [2.45, 2.75) is 64.5 Å². The van der Waals surface area contributed by atoms with E-state index in [-0.39, 0.29) is 24.8 Å². The summed E-state index contributed by atoms with van der Waals surface area (Å²) < 4.78 is 9.59. The zero-order chi connectivity index (χ0) is 18.2. The Kier molecular flexibility index (Phi) is 12.7. The first-order chi connectivity index (χ1) is 11.6. The Labute approximate surface area is 142 Å². The standard InChI is InChI=1S/C16H24N4O4/c1-3-23-15(21)9-5-7-13(11-17)19-20-14(12-18)8-6-10-16(22)24-4-2/h13-14H,3-10H2,1-2H3. The molecule has 0 amide bonds. The van der Waals surface area contributed by atoms with Gasteiger partial charge in [0.2, 0.25) is 0 Å². The van der Waals surface area contributed by atoms with Crippen LogP contribution in [0.15, 0.2) is 10.2 Å². The van der Waals surface area contributed by atoms with Gasteiger partial charge in [-0.2, -0.15) is 20.8 Å². The van der Waals surface area contributed by atoms with E-state index < -0.39 is 12.1 Å². The third-order valence-electron chi connectivity index (χ3n) is 2.97. The molecule has 8 heteroatoms. The molecule has 2 unspecified atom stereocenters. The largest absolute Gasteiger partial charge is 0.466 e. The Morgan fingerprint density at radius 1 is 0.875 bits per heavy atom. The highest BCUT2D eigenvalue weighted by Crippen LogP contribution is 2.10. The smallest absolute Gasteiger partial charge is 0.305 e. The first kappa shape index (κ1) is 21.5. The molecule has 0 spiro atoms. The van der Waals surface area contributed by atoms with Crippen LogP contribution in [0.2, 0.25) is 0 Å². The average molecular weight is 336 g/mol. The predicted octanol–water partition coefficient (Wildman–Crippen LogP) is 2.69. The van der Waals surface area contributed by atoms with Crippen LogP contribution in [0, 0.1) is 22.7 Å². The van der Waals surface area contributed by atoms with E-state index in [1.54, 1.807) is 13.8 Å². The second-order valence-electron chi connectivity index (χ2n) is 4.92. The minimum absolute atomic E-state index is 0.225. The SMILES string of the molecule is CCOC(=O)CCCC(C#N)N=NC(C#N)CCCC(=O)OCC. The molecule has 2 atom stereocenters. The molecule has 0 aromatic carbocycles. The van der Waals surface area contributed by atoms with Crippen LogP contribution in [-0.4, -0.2) is 37.2 Å². The van der Waals surface area contributed by atoms with Crippen LogP contribution in [0.25, 0.3) is 0 Å². The van der Waals surface area contributed by atoms with Gasteiger partial charge in [-0.3, -0.25) is 9.59 Å². The Bertz CT molecular complexity index is 449. The summed E-state index contributed by atoms with van der Waals surface area (Å²) in [6, 6.07) is 2.58. The van der Waals surface area contributed by atoms with Crippen LogP contribution in [0.5, 0.6) is 0 Å². The zero-order valence-electron chi connectivity index (χ0n) is 14.2.